The van der Waals surface area contributed by atoms with Gasteiger partial charge in [0.2, 0.25) is 0 Å². The number of hydrogen-bond donors (Lipinski definition) is 2. The summed E-state index contributed by atoms with van der Waals surface area (Å²) in [6, 6.07) is 9.25. The molecular weight excluding hydrogens is 323 g/mol. The van der Waals surface area contributed by atoms with Crippen molar-refractivity contribution in [3.05, 3.63) is 42.2 Å². The van der Waals surface area contributed by atoms with Gasteiger partial charge in [0, 0.05) is 30.5 Å². The Hall–Kier alpha value is -2.67. The largest absolute Gasteiger partial charge is 0.396 e. The maximum atomic E-state index is 13.1. The van der Waals surface area contributed by atoms with Gasteiger partial charge in [-0.05, 0) is 36.4 Å². The minimum atomic E-state index is -0.309. The third-order valence-corrected chi connectivity index (χ3v) is 4.82. The van der Waals surface area contributed by atoms with E-state index in [9.17, 15) is 9.18 Å². The highest BCUT2D eigenvalue weighted by Crippen LogP contribution is 2.30. The molecule has 2 aliphatic heterocycles. The Kier molecular flexibility index (Phi) is 4.01. The molecule has 2 saturated heterocycles. The molecule has 2 unspecified atom stereocenters. The third kappa shape index (κ3) is 3.15. The molecule has 0 radical (unpaired) electrons. The lowest BCUT2D eigenvalue weighted by Gasteiger charge is -2.18. The van der Waals surface area contributed by atoms with Gasteiger partial charge in [0.05, 0.1) is 24.6 Å². The highest BCUT2D eigenvalue weighted by molar-refractivity contribution is 5.92. The zero-order valence-corrected chi connectivity index (χ0v) is 13.6. The Morgan fingerprint density at radius 3 is 2.52 bits per heavy atom. The van der Waals surface area contributed by atoms with Crippen LogP contribution in [-0.4, -0.2) is 42.2 Å². The highest BCUT2D eigenvalue weighted by Gasteiger charge is 2.39. The van der Waals surface area contributed by atoms with E-state index < -0.39 is 0 Å². The molecule has 2 fully saturated rings. The summed E-state index contributed by atoms with van der Waals surface area (Å²) in [6.07, 6.45) is 0. The van der Waals surface area contributed by atoms with E-state index in [2.05, 4.69) is 10.3 Å². The lowest BCUT2D eigenvalue weighted by atomic mass is 10.0. The number of fused-ring (bicyclic) bond motifs is 1. The molecule has 4 rings (SSSR count). The summed E-state index contributed by atoms with van der Waals surface area (Å²) < 4.78 is 18.5. The van der Waals surface area contributed by atoms with Crippen LogP contribution in [0.4, 0.5) is 20.7 Å². The Bertz CT molecular complexity index is 784. The number of anilines is 2. The lowest BCUT2D eigenvalue weighted by Crippen LogP contribution is -2.34. The molecule has 1 aromatic heterocycles. The van der Waals surface area contributed by atoms with Crippen molar-refractivity contribution in [3.63, 3.8) is 0 Å². The van der Waals surface area contributed by atoms with Crippen LogP contribution in [0.5, 0.6) is 0 Å². The maximum absolute atomic E-state index is 13.1. The van der Waals surface area contributed by atoms with Gasteiger partial charge in [0.1, 0.15) is 5.82 Å². The number of carbonyl (C=O) groups is 1. The van der Waals surface area contributed by atoms with E-state index in [-0.39, 0.29) is 11.8 Å². The molecule has 0 bridgehead atoms. The minimum absolute atomic E-state index is 0.204. The quantitative estimate of drug-likeness (QED) is 0.879. The molecule has 0 aliphatic carbocycles. The lowest BCUT2D eigenvalue weighted by molar-refractivity contribution is 0.158. The van der Waals surface area contributed by atoms with Crippen molar-refractivity contribution in [2.75, 3.05) is 37.4 Å². The minimum Gasteiger partial charge on any atom is -0.396 e. The summed E-state index contributed by atoms with van der Waals surface area (Å²) in [4.78, 5) is 18.7. The zero-order valence-electron chi connectivity index (χ0n) is 13.6. The van der Waals surface area contributed by atoms with Gasteiger partial charge in [-0.2, -0.15) is 0 Å². The number of aromatic nitrogens is 1. The fraction of sp³-hybridized carbons (Fsp3) is 0.333. The van der Waals surface area contributed by atoms with E-state index in [0.717, 1.165) is 18.8 Å². The number of rotatable bonds is 2. The van der Waals surface area contributed by atoms with Crippen LogP contribution in [0.25, 0.3) is 11.3 Å². The fourth-order valence-corrected chi connectivity index (χ4v) is 3.38. The van der Waals surface area contributed by atoms with Gasteiger partial charge in [0.15, 0.2) is 5.82 Å². The third-order valence-electron chi connectivity index (χ3n) is 4.82. The van der Waals surface area contributed by atoms with E-state index in [1.54, 1.807) is 29.2 Å². The molecule has 1 aromatic carbocycles. The Balaban J connectivity index is 1.51. The van der Waals surface area contributed by atoms with E-state index in [4.69, 9.17) is 10.5 Å². The molecule has 3 heterocycles. The summed E-state index contributed by atoms with van der Waals surface area (Å²) in [7, 11) is 0. The first-order valence-corrected chi connectivity index (χ1v) is 8.26. The average molecular weight is 342 g/mol. The number of pyridine rings is 1. The number of nitrogens with two attached hydrogens (primary N) is 1. The smallest absolute Gasteiger partial charge is 0.323 e. The first-order chi connectivity index (χ1) is 12.1. The second-order valence-corrected chi connectivity index (χ2v) is 6.53. The van der Waals surface area contributed by atoms with Crippen LogP contribution in [0, 0.1) is 17.7 Å². The molecule has 2 atom stereocenters. The van der Waals surface area contributed by atoms with Gasteiger partial charge in [-0.3, -0.25) is 5.32 Å². The number of benzene rings is 1. The molecule has 2 aromatic rings. The maximum Gasteiger partial charge on any atom is 0.323 e. The first kappa shape index (κ1) is 15.8. The summed E-state index contributed by atoms with van der Waals surface area (Å²) in [5, 5.41) is 2.80. The van der Waals surface area contributed by atoms with Crippen molar-refractivity contribution in [2.45, 2.75) is 0 Å². The average Bonchev–Trinajstić information content (AvgIpc) is 3.19. The summed E-state index contributed by atoms with van der Waals surface area (Å²) in [6.45, 7) is 2.81. The monoisotopic (exact) mass is 342 g/mol. The second kappa shape index (κ2) is 6.33. The predicted octanol–water partition coefficient (Wildman–Crippen LogP) is 2.58. The Morgan fingerprint density at radius 1 is 1.16 bits per heavy atom. The first-order valence-electron chi connectivity index (χ1n) is 8.26. The number of ether oxygens (including phenoxy) is 1. The Morgan fingerprint density at radius 2 is 1.84 bits per heavy atom. The normalized spacial score (nSPS) is 22.0. The van der Waals surface area contributed by atoms with Gasteiger partial charge >= 0.3 is 6.03 Å². The topological polar surface area (TPSA) is 80.5 Å². The van der Waals surface area contributed by atoms with E-state index in [0.29, 0.717) is 42.1 Å². The van der Waals surface area contributed by atoms with E-state index >= 15 is 0 Å². The van der Waals surface area contributed by atoms with Crippen LogP contribution < -0.4 is 11.1 Å². The SMILES string of the molecule is Nc1ccc(-c2ccc(F)cc2)nc1NC(=O)N1CC2COCC2C1. The molecular formula is C18H19FN4O2. The van der Waals surface area contributed by atoms with Gasteiger partial charge < -0.3 is 15.4 Å². The number of carbonyl (C=O) groups excluding carboxylic acids is 1. The van der Waals surface area contributed by atoms with Crippen LogP contribution in [0.15, 0.2) is 36.4 Å². The molecule has 2 aliphatic rings. The van der Waals surface area contributed by atoms with Crippen LogP contribution in [0.1, 0.15) is 0 Å². The van der Waals surface area contributed by atoms with Crippen molar-refractivity contribution >= 4 is 17.5 Å². The molecule has 6 nitrogen and oxygen atoms in total. The number of hydrogen-bond acceptors (Lipinski definition) is 4. The van der Waals surface area contributed by atoms with Gasteiger partial charge in [-0.1, -0.05) is 0 Å². The molecule has 2 amide bonds. The van der Waals surface area contributed by atoms with Gasteiger partial charge in [-0.15, -0.1) is 0 Å². The van der Waals surface area contributed by atoms with Crippen molar-refractivity contribution in [1.29, 1.82) is 0 Å². The summed E-state index contributed by atoms with van der Waals surface area (Å²) >= 11 is 0. The van der Waals surface area contributed by atoms with Crippen molar-refractivity contribution in [1.82, 2.24) is 9.88 Å². The second-order valence-electron chi connectivity index (χ2n) is 6.53. The van der Waals surface area contributed by atoms with Crippen molar-refractivity contribution < 1.29 is 13.9 Å². The Labute approximate surface area is 144 Å². The summed E-state index contributed by atoms with van der Waals surface area (Å²) in [5.41, 5.74) is 7.72. The zero-order chi connectivity index (χ0) is 17.4. The van der Waals surface area contributed by atoms with Gasteiger partial charge in [0.25, 0.3) is 0 Å². The molecule has 0 spiro atoms. The molecule has 25 heavy (non-hydrogen) atoms. The number of halogens is 1. The predicted molar refractivity (Wildman–Crippen MR) is 92.4 cm³/mol. The molecule has 3 N–H and O–H groups in total. The highest BCUT2D eigenvalue weighted by atomic mass is 19.1. The van der Waals surface area contributed by atoms with Crippen LogP contribution in [0.3, 0.4) is 0 Å². The van der Waals surface area contributed by atoms with E-state index in [1.165, 1.54) is 12.1 Å². The van der Waals surface area contributed by atoms with Crippen LogP contribution >= 0.6 is 0 Å². The molecule has 130 valence electrons. The standard InChI is InChI=1S/C18H19FN4O2/c19-14-3-1-11(2-4-14)16-6-5-15(20)17(21-16)22-18(24)23-7-12-9-25-10-13(12)8-23/h1-6,12-13H,7-10,20H2,(H,21,22,24). The van der Waals surface area contributed by atoms with Crippen molar-refractivity contribution in [3.8, 4) is 11.3 Å². The van der Waals surface area contributed by atoms with E-state index in [1.807, 2.05) is 0 Å². The number of urea groups is 1. The molecule has 7 heteroatoms. The van der Waals surface area contributed by atoms with Crippen LogP contribution in [-0.2, 0) is 4.74 Å². The number of nitrogens with one attached hydrogen (secondary N) is 1. The number of amides is 2. The summed E-state index contributed by atoms with van der Waals surface area (Å²) in [5.74, 6) is 0.847. The van der Waals surface area contributed by atoms with Crippen molar-refractivity contribution in [2.24, 2.45) is 11.8 Å². The number of likely N-dealkylation sites (tertiary alicyclic amines) is 1. The number of nitrogens with zero attached hydrogens (tertiary/aromatic N) is 2. The number of nitrogen functional groups attached to an aromatic ring is 1. The molecule has 0 saturated carbocycles. The van der Waals surface area contributed by atoms with Gasteiger partial charge in [-0.25, -0.2) is 14.2 Å². The van der Waals surface area contributed by atoms with Crippen LogP contribution in [0.2, 0.25) is 0 Å². The fourth-order valence-electron chi connectivity index (χ4n) is 3.38.